The van der Waals surface area contributed by atoms with Crippen LogP contribution in [0.1, 0.15) is 24.7 Å². The van der Waals surface area contributed by atoms with Gasteiger partial charge in [-0.05, 0) is 31.2 Å². The second-order valence-electron chi connectivity index (χ2n) is 4.96. The number of halogens is 3. The number of nitrogens with zero attached hydrogens (tertiary/aromatic N) is 3. The van der Waals surface area contributed by atoms with Gasteiger partial charge in [-0.1, -0.05) is 0 Å². The van der Waals surface area contributed by atoms with Crippen LogP contribution in [-0.4, -0.2) is 15.2 Å². The molecule has 1 atom stereocenters. The van der Waals surface area contributed by atoms with Crippen molar-refractivity contribution in [2.45, 2.75) is 19.7 Å². The summed E-state index contributed by atoms with van der Waals surface area (Å²) in [6, 6.07) is 6.32. The van der Waals surface area contributed by atoms with E-state index in [2.05, 4.69) is 15.2 Å². The van der Waals surface area contributed by atoms with Gasteiger partial charge in [-0.25, -0.2) is 13.2 Å². The van der Waals surface area contributed by atoms with Gasteiger partial charge in [0.05, 0.1) is 11.3 Å². The third-order valence-electron chi connectivity index (χ3n) is 3.12. The van der Waals surface area contributed by atoms with Crippen molar-refractivity contribution in [3.05, 3.63) is 59.7 Å². The van der Waals surface area contributed by atoms with E-state index in [1.807, 2.05) is 0 Å². The number of aromatic nitrogens is 3. The largest absolute Gasteiger partial charge is 0.484 e. The fourth-order valence-corrected chi connectivity index (χ4v) is 1.89. The molecule has 1 unspecified atom stereocenters. The molecule has 2 aromatic heterocycles. The molecule has 124 valence electrons. The highest BCUT2D eigenvalue weighted by Gasteiger charge is 2.14. The number of alkyl halides is 1. The summed E-state index contributed by atoms with van der Waals surface area (Å²) in [5.41, 5.74) is 1.03. The van der Waals surface area contributed by atoms with Gasteiger partial charge in [0, 0.05) is 12.3 Å². The molecule has 3 aromatic rings. The summed E-state index contributed by atoms with van der Waals surface area (Å²) < 4.78 is 49.8. The molecule has 1 aromatic carbocycles. The van der Waals surface area contributed by atoms with Crippen LogP contribution < -0.4 is 4.74 Å². The SMILES string of the molecule is CC(F)c1nnc(-c2ccc(COc3ccc(F)cc3F)nc2)o1. The van der Waals surface area contributed by atoms with Crippen molar-refractivity contribution in [2.24, 2.45) is 0 Å². The first kappa shape index (κ1) is 16.0. The summed E-state index contributed by atoms with van der Waals surface area (Å²) in [4.78, 5) is 4.13. The molecule has 0 radical (unpaired) electrons. The molecule has 0 aliphatic rings. The lowest BCUT2D eigenvalue weighted by molar-refractivity contribution is 0.285. The minimum absolute atomic E-state index is 0.000566. The third kappa shape index (κ3) is 3.53. The van der Waals surface area contributed by atoms with Crippen LogP contribution in [0.2, 0.25) is 0 Å². The van der Waals surface area contributed by atoms with E-state index in [4.69, 9.17) is 9.15 Å². The van der Waals surface area contributed by atoms with Crippen molar-refractivity contribution in [1.29, 1.82) is 0 Å². The third-order valence-corrected chi connectivity index (χ3v) is 3.12. The zero-order chi connectivity index (χ0) is 17.1. The summed E-state index contributed by atoms with van der Waals surface area (Å²) in [5.74, 6) is -1.49. The zero-order valence-corrected chi connectivity index (χ0v) is 12.5. The molecule has 2 heterocycles. The van der Waals surface area contributed by atoms with Crippen molar-refractivity contribution in [1.82, 2.24) is 15.2 Å². The highest BCUT2D eigenvalue weighted by molar-refractivity contribution is 5.50. The molecule has 0 fully saturated rings. The van der Waals surface area contributed by atoms with E-state index in [1.54, 1.807) is 12.1 Å². The minimum Gasteiger partial charge on any atom is -0.484 e. The lowest BCUT2D eigenvalue weighted by atomic mass is 10.2. The monoisotopic (exact) mass is 335 g/mol. The normalized spacial score (nSPS) is 12.2. The topological polar surface area (TPSA) is 61.0 Å². The molecule has 0 spiro atoms. The smallest absolute Gasteiger partial charge is 0.250 e. The summed E-state index contributed by atoms with van der Waals surface area (Å²) in [6.45, 7) is 1.30. The molecule has 0 saturated heterocycles. The minimum atomic E-state index is -1.35. The molecular formula is C16H12F3N3O2. The molecule has 0 saturated carbocycles. The molecular weight excluding hydrogens is 323 g/mol. The first-order chi connectivity index (χ1) is 11.5. The zero-order valence-electron chi connectivity index (χ0n) is 12.5. The fraction of sp³-hybridized carbons (Fsp3) is 0.188. The lowest BCUT2D eigenvalue weighted by Gasteiger charge is -2.07. The van der Waals surface area contributed by atoms with Crippen LogP contribution in [0.15, 0.2) is 40.9 Å². The van der Waals surface area contributed by atoms with Gasteiger partial charge in [-0.3, -0.25) is 4.98 Å². The van der Waals surface area contributed by atoms with Crippen molar-refractivity contribution in [3.63, 3.8) is 0 Å². The van der Waals surface area contributed by atoms with E-state index in [-0.39, 0.29) is 24.1 Å². The van der Waals surface area contributed by atoms with Crippen LogP contribution >= 0.6 is 0 Å². The van der Waals surface area contributed by atoms with Crippen LogP contribution in [0.5, 0.6) is 5.75 Å². The second kappa shape index (κ2) is 6.69. The molecule has 0 bridgehead atoms. The Labute approximate surface area is 135 Å². The quantitative estimate of drug-likeness (QED) is 0.705. The number of rotatable bonds is 5. The van der Waals surface area contributed by atoms with Crippen LogP contribution in [0.4, 0.5) is 13.2 Å². The molecule has 0 amide bonds. The van der Waals surface area contributed by atoms with Gasteiger partial charge < -0.3 is 9.15 Å². The lowest BCUT2D eigenvalue weighted by Crippen LogP contribution is -2.00. The van der Waals surface area contributed by atoms with Crippen LogP contribution in [0.3, 0.4) is 0 Å². The van der Waals surface area contributed by atoms with Crippen molar-refractivity contribution >= 4 is 0 Å². The van der Waals surface area contributed by atoms with E-state index in [1.165, 1.54) is 19.2 Å². The Kier molecular flexibility index (Phi) is 4.45. The van der Waals surface area contributed by atoms with Gasteiger partial charge in [-0.15, -0.1) is 10.2 Å². The van der Waals surface area contributed by atoms with Crippen LogP contribution in [0.25, 0.3) is 11.5 Å². The van der Waals surface area contributed by atoms with Crippen molar-refractivity contribution < 1.29 is 22.3 Å². The molecule has 0 aliphatic heterocycles. The first-order valence-corrected chi connectivity index (χ1v) is 7.03. The van der Waals surface area contributed by atoms with Crippen molar-refractivity contribution in [3.8, 4) is 17.2 Å². The Morgan fingerprint density at radius 3 is 2.62 bits per heavy atom. The molecule has 5 nitrogen and oxygen atoms in total. The van der Waals surface area contributed by atoms with E-state index < -0.39 is 17.8 Å². The number of ether oxygens (including phenoxy) is 1. The maximum atomic E-state index is 13.5. The summed E-state index contributed by atoms with van der Waals surface area (Å²) >= 11 is 0. The first-order valence-electron chi connectivity index (χ1n) is 7.03. The van der Waals surface area contributed by atoms with Gasteiger partial charge >= 0.3 is 0 Å². The Morgan fingerprint density at radius 2 is 2.00 bits per heavy atom. The summed E-state index contributed by atoms with van der Waals surface area (Å²) in [6.07, 6.45) is 0.109. The van der Waals surface area contributed by atoms with Gasteiger partial charge in [0.25, 0.3) is 5.89 Å². The Bertz CT molecular complexity index is 835. The maximum Gasteiger partial charge on any atom is 0.250 e. The standard InChI is InChI=1S/C16H12F3N3O2/c1-9(17)15-21-22-16(24-15)10-2-4-12(20-7-10)8-23-14-5-3-11(18)6-13(14)19/h2-7,9H,8H2,1H3. The summed E-state index contributed by atoms with van der Waals surface area (Å²) in [7, 11) is 0. The Balaban J connectivity index is 1.68. The van der Waals surface area contributed by atoms with E-state index >= 15 is 0 Å². The molecule has 8 heteroatoms. The molecule has 0 aliphatic carbocycles. The molecule has 3 rings (SSSR count). The average Bonchev–Trinajstić information content (AvgIpc) is 3.05. The summed E-state index contributed by atoms with van der Waals surface area (Å²) in [5, 5.41) is 7.33. The number of hydrogen-bond donors (Lipinski definition) is 0. The fourth-order valence-electron chi connectivity index (χ4n) is 1.89. The number of benzene rings is 1. The van der Waals surface area contributed by atoms with E-state index in [0.29, 0.717) is 11.3 Å². The predicted octanol–water partition coefficient (Wildman–Crippen LogP) is 4.02. The Hall–Kier alpha value is -2.90. The van der Waals surface area contributed by atoms with E-state index in [9.17, 15) is 13.2 Å². The average molecular weight is 335 g/mol. The highest BCUT2D eigenvalue weighted by atomic mass is 19.1. The van der Waals surface area contributed by atoms with Crippen LogP contribution in [-0.2, 0) is 6.61 Å². The predicted molar refractivity (Wildman–Crippen MR) is 77.7 cm³/mol. The Morgan fingerprint density at radius 1 is 1.17 bits per heavy atom. The molecule has 0 N–H and O–H groups in total. The van der Waals surface area contributed by atoms with E-state index in [0.717, 1.165) is 12.1 Å². The van der Waals surface area contributed by atoms with Gasteiger partial charge in [0.2, 0.25) is 5.89 Å². The molecule has 24 heavy (non-hydrogen) atoms. The van der Waals surface area contributed by atoms with Gasteiger partial charge in [0.15, 0.2) is 17.7 Å². The highest BCUT2D eigenvalue weighted by Crippen LogP contribution is 2.22. The number of hydrogen-bond acceptors (Lipinski definition) is 5. The number of pyridine rings is 1. The maximum absolute atomic E-state index is 13.5. The van der Waals surface area contributed by atoms with Crippen molar-refractivity contribution in [2.75, 3.05) is 0 Å². The van der Waals surface area contributed by atoms with Gasteiger partial charge in [0.1, 0.15) is 12.4 Å². The second-order valence-corrected chi connectivity index (χ2v) is 4.96. The van der Waals surface area contributed by atoms with Crippen LogP contribution in [0, 0.1) is 11.6 Å². The van der Waals surface area contributed by atoms with Gasteiger partial charge in [-0.2, -0.15) is 0 Å².